The first kappa shape index (κ1) is 22.8. The highest BCUT2D eigenvalue weighted by Gasteiger charge is 2.26. The first-order valence-electron chi connectivity index (χ1n) is 8.38. The van der Waals surface area contributed by atoms with Crippen LogP contribution >= 0.6 is 36.2 Å². The molecule has 1 aliphatic rings. The Morgan fingerprint density at radius 2 is 2.23 bits per heavy atom. The van der Waals surface area contributed by atoms with Crippen molar-refractivity contribution in [1.82, 2.24) is 15.2 Å². The number of nitrogens with one attached hydrogen (secondary N) is 1. The van der Waals surface area contributed by atoms with Gasteiger partial charge in [0.1, 0.15) is 10.8 Å². The van der Waals surface area contributed by atoms with Gasteiger partial charge in [-0.05, 0) is 31.5 Å². The number of hydrogen-bond acceptors (Lipinski definition) is 4. The molecule has 0 bridgehead atoms. The zero-order chi connectivity index (χ0) is 16.9. The Bertz CT molecular complexity index is 707. The zero-order valence-corrected chi connectivity index (χ0v) is 17.1. The Morgan fingerprint density at radius 3 is 2.88 bits per heavy atom. The molecule has 0 aliphatic carbocycles. The van der Waals surface area contributed by atoms with Crippen LogP contribution in [0, 0.1) is 5.82 Å². The first-order chi connectivity index (χ1) is 11.7. The fourth-order valence-electron chi connectivity index (χ4n) is 3.06. The lowest BCUT2D eigenvalue weighted by atomic mass is 10.1. The molecule has 3 rings (SSSR count). The third-order valence-corrected chi connectivity index (χ3v) is 5.16. The molecule has 1 aliphatic heterocycles. The number of carbonyl (C=O) groups is 1. The van der Waals surface area contributed by atoms with E-state index in [4.69, 9.17) is 0 Å². The predicted molar refractivity (Wildman–Crippen MR) is 109 cm³/mol. The summed E-state index contributed by atoms with van der Waals surface area (Å²) in [4.78, 5) is 19.2. The largest absolute Gasteiger partial charge is 0.338 e. The molecular formula is C18H24Cl2FN3OS. The van der Waals surface area contributed by atoms with Crippen LogP contribution in [0.5, 0.6) is 0 Å². The van der Waals surface area contributed by atoms with Gasteiger partial charge in [-0.25, -0.2) is 9.37 Å². The minimum absolute atomic E-state index is 0. The third kappa shape index (κ3) is 5.64. The lowest BCUT2D eigenvalue weighted by molar-refractivity contribution is -0.132. The highest BCUT2D eigenvalue weighted by Crippen LogP contribution is 2.25. The van der Waals surface area contributed by atoms with E-state index in [0.717, 1.165) is 48.7 Å². The standard InChI is InChI=1S/C18H22FN3OS.2ClH/c1-2-8-22(16-6-7-20-11-16)17(23)10-15-12-24-18(21-15)13-4-3-5-14(19)9-13;;/h3-5,9,12,16,20H,2,6-8,10-11H2,1H3;2*1H. The molecule has 1 atom stereocenters. The van der Waals surface area contributed by atoms with Crippen molar-refractivity contribution in [3.63, 3.8) is 0 Å². The molecular weight excluding hydrogens is 396 g/mol. The van der Waals surface area contributed by atoms with Gasteiger partial charge >= 0.3 is 0 Å². The minimum Gasteiger partial charge on any atom is -0.338 e. The van der Waals surface area contributed by atoms with Crippen molar-refractivity contribution in [2.24, 2.45) is 0 Å². The van der Waals surface area contributed by atoms with Crippen molar-refractivity contribution in [2.75, 3.05) is 19.6 Å². The molecule has 144 valence electrons. The first-order valence-corrected chi connectivity index (χ1v) is 9.26. The fraction of sp³-hybridized carbons (Fsp3) is 0.444. The van der Waals surface area contributed by atoms with Gasteiger partial charge in [0.15, 0.2) is 0 Å². The minimum atomic E-state index is -0.275. The summed E-state index contributed by atoms with van der Waals surface area (Å²) in [6.45, 7) is 4.72. The van der Waals surface area contributed by atoms with Gasteiger partial charge in [-0.2, -0.15) is 0 Å². The third-order valence-electron chi connectivity index (χ3n) is 4.22. The van der Waals surface area contributed by atoms with Crippen molar-refractivity contribution >= 4 is 42.1 Å². The van der Waals surface area contributed by atoms with E-state index in [0.29, 0.717) is 12.5 Å². The van der Waals surface area contributed by atoms with Gasteiger partial charge in [0.05, 0.1) is 12.1 Å². The average Bonchev–Trinajstić information content (AvgIpc) is 3.24. The smallest absolute Gasteiger partial charge is 0.228 e. The van der Waals surface area contributed by atoms with E-state index in [9.17, 15) is 9.18 Å². The molecule has 0 saturated carbocycles. The second-order valence-electron chi connectivity index (χ2n) is 6.06. The molecule has 1 aromatic carbocycles. The average molecular weight is 420 g/mol. The number of aromatic nitrogens is 1. The molecule has 1 saturated heterocycles. The van der Waals surface area contributed by atoms with Gasteiger partial charge in [-0.15, -0.1) is 36.2 Å². The number of thiazole rings is 1. The lowest BCUT2D eigenvalue weighted by Crippen LogP contribution is -2.42. The van der Waals surface area contributed by atoms with Crippen LogP contribution in [0.25, 0.3) is 10.6 Å². The monoisotopic (exact) mass is 419 g/mol. The number of amides is 1. The van der Waals surface area contributed by atoms with E-state index in [2.05, 4.69) is 17.2 Å². The van der Waals surface area contributed by atoms with E-state index in [1.807, 2.05) is 16.3 Å². The summed E-state index contributed by atoms with van der Waals surface area (Å²) in [6, 6.07) is 6.69. The highest BCUT2D eigenvalue weighted by atomic mass is 35.5. The van der Waals surface area contributed by atoms with Crippen molar-refractivity contribution in [1.29, 1.82) is 0 Å². The van der Waals surface area contributed by atoms with Crippen LogP contribution in [-0.4, -0.2) is 41.5 Å². The molecule has 1 amide bonds. The maximum atomic E-state index is 13.3. The van der Waals surface area contributed by atoms with Crippen molar-refractivity contribution in [3.8, 4) is 10.6 Å². The highest BCUT2D eigenvalue weighted by molar-refractivity contribution is 7.13. The molecule has 8 heteroatoms. The molecule has 1 fully saturated rings. The fourth-order valence-corrected chi connectivity index (χ4v) is 3.87. The Labute approximate surface area is 170 Å². The van der Waals surface area contributed by atoms with E-state index >= 15 is 0 Å². The van der Waals surface area contributed by atoms with E-state index < -0.39 is 0 Å². The van der Waals surface area contributed by atoms with Gasteiger partial charge in [0.25, 0.3) is 0 Å². The number of hydrogen-bond donors (Lipinski definition) is 1. The summed E-state index contributed by atoms with van der Waals surface area (Å²) in [6.07, 6.45) is 2.27. The maximum Gasteiger partial charge on any atom is 0.228 e. The van der Waals surface area contributed by atoms with Gasteiger partial charge in [0.2, 0.25) is 5.91 Å². The quantitative estimate of drug-likeness (QED) is 0.770. The van der Waals surface area contributed by atoms with E-state index in [1.165, 1.54) is 23.5 Å². The van der Waals surface area contributed by atoms with Crippen LogP contribution in [0.4, 0.5) is 4.39 Å². The molecule has 2 aromatic rings. The maximum absolute atomic E-state index is 13.3. The SMILES string of the molecule is CCCN(C(=O)Cc1csc(-c2cccc(F)c2)n1)C1CCNC1.Cl.Cl. The molecule has 1 unspecified atom stereocenters. The summed E-state index contributed by atoms with van der Waals surface area (Å²) in [5, 5.41) is 5.97. The molecule has 1 N–H and O–H groups in total. The predicted octanol–water partition coefficient (Wildman–Crippen LogP) is 3.94. The molecule has 1 aromatic heterocycles. The molecule has 0 radical (unpaired) electrons. The summed E-state index contributed by atoms with van der Waals surface area (Å²) in [5.74, 6) is -0.148. The molecule has 2 heterocycles. The Hall–Kier alpha value is -1.21. The summed E-state index contributed by atoms with van der Waals surface area (Å²) in [5.41, 5.74) is 1.51. The van der Waals surface area contributed by atoms with Crippen LogP contribution < -0.4 is 5.32 Å². The van der Waals surface area contributed by atoms with Crippen LogP contribution in [0.3, 0.4) is 0 Å². The topological polar surface area (TPSA) is 45.2 Å². The number of carbonyl (C=O) groups excluding carboxylic acids is 1. The van der Waals surface area contributed by atoms with Crippen molar-refractivity contribution in [2.45, 2.75) is 32.2 Å². The summed E-state index contributed by atoms with van der Waals surface area (Å²) >= 11 is 1.45. The van der Waals surface area contributed by atoms with Gasteiger partial charge < -0.3 is 10.2 Å². The molecule has 26 heavy (non-hydrogen) atoms. The van der Waals surface area contributed by atoms with Crippen molar-refractivity contribution in [3.05, 3.63) is 41.2 Å². The Balaban J connectivity index is 0.00000169. The summed E-state index contributed by atoms with van der Waals surface area (Å²) in [7, 11) is 0. The van der Waals surface area contributed by atoms with Crippen LogP contribution in [0.1, 0.15) is 25.5 Å². The summed E-state index contributed by atoms with van der Waals surface area (Å²) < 4.78 is 13.3. The van der Waals surface area contributed by atoms with E-state index in [1.54, 1.807) is 6.07 Å². The zero-order valence-electron chi connectivity index (χ0n) is 14.6. The van der Waals surface area contributed by atoms with Crippen LogP contribution in [0.2, 0.25) is 0 Å². The lowest BCUT2D eigenvalue weighted by Gasteiger charge is -2.28. The van der Waals surface area contributed by atoms with Gasteiger partial charge in [0, 0.05) is 30.1 Å². The van der Waals surface area contributed by atoms with Gasteiger partial charge in [-0.1, -0.05) is 19.1 Å². The number of rotatable bonds is 6. The van der Waals surface area contributed by atoms with E-state index in [-0.39, 0.29) is 36.5 Å². The molecule has 0 spiro atoms. The number of nitrogens with zero attached hydrogens (tertiary/aromatic N) is 2. The van der Waals surface area contributed by atoms with Gasteiger partial charge in [-0.3, -0.25) is 4.79 Å². The Morgan fingerprint density at radius 1 is 1.42 bits per heavy atom. The van der Waals surface area contributed by atoms with Crippen molar-refractivity contribution < 1.29 is 9.18 Å². The second-order valence-corrected chi connectivity index (χ2v) is 6.92. The van der Waals surface area contributed by atoms with Crippen LogP contribution in [0.15, 0.2) is 29.6 Å². The number of halogens is 3. The van der Waals surface area contributed by atoms with Crippen LogP contribution in [-0.2, 0) is 11.2 Å². The normalized spacial score (nSPS) is 15.8. The Kier molecular flexibility index (Phi) is 9.50. The second kappa shape index (κ2) is 10.8. The molecule has 4 nitrogen and oxygen atoms in total. The number of benzene rings is 1.